The van der Waals surface area contributed by atoms with E-state index in [0.29, 0.717) is 12.0 Å². The van der Waals surface area contributed by atoms with Crippen molar-refractivity contribution in [2.24, 2.45) is 0 Å². The van der Waals surface area contributed by atoms with Crippen LogP contribution in [0.15, 0.2) is 48.5 Å². The molecule has 0 spiro atoms. The van der Waals surface area contributed by atoms with Crippen LogP contribution in [0.1, 0.15) is 40.7 Å². The fourth-order valence-corrected chi connectivity index (χ4v) is 2.52. The fourth-order valence-electron chi connectivity index (χ4n) is 2.52. The SMILES string of the molecule is CC[C@@H](C(=O)OCC(=O)c1ccc(C)c([N+](=O)[O-])c1)c1ccccc1. The molecule has 0 aromatic heterocycles. The second-order valence-corrected chi connectivity index (χ2v) is 5.66. The number of carbonyl (C=O) groups excluding carboxylic acids is 2. The average molecular weight is 341 g/mol. The van der Waals surface area contributed by atoms with Crippen molar-refractivity contribution in [2.45, 2.75) is 26.2 Å². The summed E-state index contributed by atoms with van der Waals surface area (Å²) in [5.74, 6) is -1.40. The molecule has 25 heavy (non-hydrogen) atoms. The number of hydrogen-bond acceptors (Lipinski definition) is 5. The Hall–Kier alpha value is -3.02. The number of ketones is 1. The van der Waals surface area contributed by atoms with Gasteiger partial charge in [0, 0.05) is 17.2 Å². The Balaban J connectivity index is 2.05. The number of carbonyl (C=O) groups is 2. The molecule has 0 unspecified atom stereocenters. The van der Waals surface area contributed by atoms with Crippen molar-refractivity contribution in [1.82, 2.24) is 0 Å². The molecule has 0 saturated carbocycles. The molecule has 1 atom stereocenters. The van der Waals surface area contributed by atoms with Gasteiger partial charge in [-0.2, -0.15) is 0 Å². The maximum atomic E-state index is 12.3. The summed E-state index contributed by atoms with van der Waals surface area (Å²) >= 11 is 0. The van der Waals surface area contributed by atoms with Gasteiger partial charge in [-0.15, -0.1) is 0 Å². The second-order valence-electron chi connectivity index (χ2n) is 5.66. The Bertz CT molecular complexity index is 786. The van der Waals surface area contributed by atoms with Crippen molar-refractivity contribution in [2.75, 3.05) is 6.61 Å². The van der Waals surface area contributed by atoms with Crippen molar-refractivity contribution >= 4 is 17.4 Å². The van der Waals surface area contributed by atoms with Gasteiger partial charge < -0.3 is 4.74 Å². The molecule has 0 bridgehead atoms. The summed E-state index contributed by atoms with van der Waals surface area (Å²) < 4.78 is 5.14. The van der Waals surface area contributed by atoms with Crippen LogP contribution < -0.4 is 0 Å². The van der Waals surface area contributed by atoms with Gasteiger partial charge in [-0.1, -0.05) is 49.4 Å². The molecule has 0 N–H and O–H groups in total. The summed E-state index contributed by atoms with van der Waals surface area (Å²) in [7, 11) is 0. The Morgan fingerprint density at radius 2 is 1.84 bits per heavy atom. The standard InChI is InChI=1S/C19H19NO5/c1-3-16(14-7-5-4-6-8-14)19(22)25-12-18(21)15-10-9-13(2)17(11-15)20(23)24/h4-11,16H,3,12H2,1-2H3/t16-/m1/s1. The van der Waals surface area contributed by atoms with Crippen LogP contribution in [0, 0.1) is 17.0 Å². The van der Waals surface area contributed by atoms with Gasteiger partial charge in [0.2, 0.25) is 5.78 Å². The Kier molecular flexibility index (Phi) is 6.00. The number of nitro benzene ring substituents is 1. The first kappa shape index (κ1) is 18.3. The Morgan fingerprint density at radius 1 is 1.16 bits per heavy atom. The summed E-state index contributed by atoms with van der Waals surface area (Å²) in [6.45, 7) is 3.02. The first-order valence-corrected chi connectivity index (χ1v) is 7.93. The lowest BCUT2D eigenvalue weighted by Crippen LogP contribution is -2.20. The molecule has 6 heteroatoms. The quantitative estimate of drug-likeness (QED) is 0.331. The predicted octanol–water partition coefficient (Wildman–Crippen LogP) is 3.82. The van der Waals surface area contributed by atoms with E-state index in [1.807, 2.05) is 37.3 Å². The third-order valence-corrected chi connectivity index (χ3v) is 3.97. The van der Waals surface area contributed by atoms with E-state index in [1.165, 1.54) is 18.2 Å². The monoisotopic (exact) mass is 341 g/mol. The lowest BCUT2D eigenvalue weighted by atomic mass is 9.97. The molecule has 6 nitrogen and oxygen atoms in total. The van der Waals surface area contributed by atoms with Crippen molar-refractivity contribution < 1.29 is 19.2 Å². The maximum Gasteiger partial charge on any atom is 0.313 e. The van der Waals surface area contributed by atoms with E-state index in [2.05, 4.69) is 0 Å². The van der Waals surface area contributed by atoms with Gasteiger partial charge in [0.25, 0.3) is 5.69 Å². The van der Waals surface area contributed by atoms with Crippen LogP contribution in [0.3, 0.4) is 0 Å². The molecular formula is C19H19NO5. The highest BCUT2D eigenvalue weighted by atomic mass is 16.6. The molecule has 130 valence electrons. The van der Waals surface area contributed by atoms with E-state index < -0.39 is 29.2 Å². The molecule has 0 fully saturated rings. The zero-order valence-electron chi connectivity index (χ0n) is 14.1. The number of nitro groups is 1. The largest absolute Gasteiger partial charge is 0.457 e. The van der Waals surface area contributed by atoms with Crippen LogP contribution in [0.25, 0.3) is 0 Å². The minimum Gasteiger partial charge on any atom is -0.457 e. The highest BCUT2D eigenvalue weighted by molar-refractivity contribution is 5.98. The van der Waals surface area contributed by atoms with Gasteiger partial charge >= 0.3 is 5.97 Å². The van der Waals surface area contributed by atoms with Crippen LogP contribution in [0.5, 0.6) is 0 Å². The van der Waals surface area contributed by atoms with E-state index in [-0.39, 0.29) is 11.3 Å². The lowest BCUT2D eigenvalue weighted by Gasteiger charge is -2.14. The number of rotatable bonds is 7. The fraction of sp³-hybridized carbons (Fsp3) is 0.263. The molecule has 2 aromatic carbocycles. The molecule has 2 rings (SSSR count). The first-order chi connectivity index (χ1) is 11.9. The van der Waals surface area contributed by atoms with E-state index in [1.54, 1.807) is 6.92 Å². The van der Waals surface area contributed by atoms with E-state index in [0.717, 1.165) is 5.56 Å². The topological polar surface area (TPSA) is 86.5 Å². The van der Waals surface area contributed by atoms with Crippen LogP contribution >= 0.6 is 0 Å². The number of esters is 1. The summed E-state index contributed by atoms with van der Waals surface area (Å²) in [6.07, 6.45) is 0.549. The summed E-state index contributed by atoms with van der Waals surface area (Å²) in [4.78, 5) is 34.9. The van der Waals surface area contributed by atoms with Gasteiger partial charge in [-0.3, -0.25) is 19.7 Å². The van der Waals surface area contributed by atoms with Gasteiger partial charge in [-0.05, 0) is 18.9 Å². The van der Waals surface area contributed by atoms with Crippen molar-refractivity contribution in [3.63, 3.8) is 0 Å². The van der Waals surface area contributed by atoms with Crippen LogP contribution in [0.4, 0.5) is 5.69 Å². The third kappa shape index (κ3) is 4.50. The first-order valence-electron chi connectivity index (χ1n) is 7.93. The molecular weight excluding hydrogens is 322 g/mol. The van der Waals surface area contributed by atoms with Gasteiger partial charge in [-0.25, -0.2) is 0 Å². The Morgan fingerprint density at radius 3 is 2.44 bits per heavy atom. The molecule has 0 amide bonds. The van der Waals surface area contributed by atoms with Gasteiger partial charge in [0.15, 0.2) is 6.61 Å². The Labute approximate surface area is 145 Å². The highest BCUT2D eigenvalue weighted by Crippen LogP contribution is 2.22. The summed E-state index contributed by atoms with van der Waals surface area (Å²) in [5, 5.41) is 11.0. The molecule has 0 aliphatic rings. The molecule has 0 heterocycles. The molecule has 0 aliphatic heterocycles. The van der Waals surface area contributed by atoms with Crippen molar-refractivity contribution in [3.8, 4) is 0 Å². The summed E-state index contributed by atoms with van der Waals surface area (Å²) in [5.41, 5.74) is 1.31. The third-order valence-electron chi connectivity index (χ3n) is 3.97. The number of benzene rings is 2. The minimum absolute atomic E-state index is 0.132. The smallest absolute Gasteiger partial charge is 0.313 e. The zero-order chi connectivity index (χ0) is 18.4. The number of aryl methyl sites for hydroxylation is 1. The van der Waals surface area contributed by atoms with Gasteiger partial charge in [0.1, 0.15) is 0 Å². The minimum atomic E-state index is -0.541. The van der Waals surface area contributed by atoms with E-state index >= 15 is 0 Å². The molecule has 0 saturated heterocycles. The number of nitrogens with zero attached hydrogens (tertiary/aromatic N) is 1. The molecule has 0 radical (unpaired) electrons. The van der Waals surface area contributed by atoms with Crippen LogP contribution in [-0.2, 0) is 9.53 Å². The highest BCUT2D eigenvalue weighted by Gasteiger charge is 2.22. The lowest BCUT2D eigenvalue weighted by molar-refractivity contribution is -0.385. The second kappa shape index (κ2) is 8.19. The normalized spacial score (nSPS) is 11.6. The number of hydrogen-bond donors (Lipinski definition) is 0. The number of ether oxygens (including phenoxy) is 1. The average Bonchev–Trinajstić information content (AvgIpc) is 2.61. The maximum absolute atomic E-state index is 12.3. The van der Waals surface area contributed by atoms with Crippen molar-refractivity contribution in [3.05, 3.63) is 75.3 Å². The molecule has 0 aliphatic carbocycles. The van der Waals surface area contributed by atoms with Crippen LogP contribution in [-0.4, -0.2) is 23.3 Å². The predicted molar refractivity (Wildman–Crippen MR) is 92.6 cm³/mol. The van der Waals surface area contributed by atoms with Crippen molar-refractivity contribution in [1.29, 1.82) is 0 Å². The van der Waals surface area contributed by atoms with Crippen LogP contribution in [0.2, 0.25) is 0 Å². The molecule has 2 aromatic rings. The van der Waals surface area contributed by atoms with Gasteiger partial charge in [0.05, 0.1) is 10.8 Å². The number of Topliss-reactive ketones (excluding diaryl/α,β-unsaturated/α-hetero) is 1. The summed E-state index contributed by atoms with van der Waals surface area (Å²) in [6, 6.07) is 13.4. The van der Waals surface area contributed by atoms with E-state index in [4.69, 9.17) is 4.74 Å². The van der Waals surface area contributed by atoms with E-state index in [9.17, 15) is 19.7 Å². The zero-order valence-corrected chi connectivity index (χ0v) is 14.1.